The van der Waals surface area contributed by atoms with Crippen molar-refractivity contribution in [1.29, 1.82) is 0 Å². The van der Waals surface area contributed by atoms with E-state index < -0.39 is 0 Å². The van der Waals surface area contributed by atoms with E-state index in [0.29, 0.717) is 0 Å². The van der Waals surface area contributed by atoms with Crippen LogP contribution in [0.2, 0.25) is 0 Å². The third kappa shape index (κ3) is 1.48. The molecule has 0 aliphatic rings. The number of aryl methyl sites for hydroxylation is 1. The smallest absolute Gasteiger partial charge is 0.0723 e. The summed E-state index contributed by atoms with van der Waals surface area (Å²) in [4.78, 5) is 4.30. The van der Waals surface area contributed by atoms with Gasteiger partial charge in [0.2, 0.25) is 0 Å². The maximum Gasteiger partial charge on any atom is 0.0723 e. The van der Waals surface area contributed by atoms with Crippen LogP contribution < -0.4 is 5.73 Å². The summed E-state index contributed by atoms with van der Waals surface area (Å²) in [6.07, 6.45) is 1.81. The molecular formula is C10H9IN2. The Morgan fingerprint density at radius 3 is 2.92 bits per heavy atom. The predicted molar refractivity (Wildman–Crippen MR) is 63.6 cm³/mol. The van der Waals surface area contributed by atoms with E-state index in [1.54, 1.807) is 0 Å². The first-order valence-corrected chi connectivity index (χ1v) is 5.06. The van der Waals surface area contributed by atoms with Crippen molar-refractivity contribution in [3.05, 3.63) is 33.5 Å². The summed E-state index contributed by atoms with van der Waals surface area (Å²) < 4.78 is 1.18. The highest BCUT2D eigenvalue weighted by molar-refractivity contribution is 14.1. The lowest BCUT2D eigenvalue weighted by Crippen LogP contribution is -1.93. The van der Waals surface area contributed by atoms with Gasteiger partial charge in [-0.15, -0.1) is 0 Å². The molecule has 0 aliphatic carbocycles. The van der Waals surface area contributed by atoms with Crippen LogP contribution in [0.3, 0.4) is 0 Å². The van der Waals surface area contributed by atoms with Crippen molar-refractivity contribution in [3.63, 3.8) is 0 Å². The van der Waals surface area contributed by atoms with Gasteiger partial charge < -0.3 is 5.73 Å². The number of nitrogens with two attached hydrogens (primary N) is 1. The summed E-state index contributed by atoms with van der Waals surface area (Å²) in [6.45, 7) is 1.97. The Balaban J connectivity index is 2.89. The number of nitrogens with zero attached hydrogens (tertiary/aromatic N) is 1. The largest absolute Gasteiger partial charge is 0.398 e. The van der Waals surface area contributed by atoms with Crippen LogP contribution in [0.25, 0.3) is 10.9 Å². The quantitative estimate of drug-likeness (QED) is 0.755. The van der Waals surface area contributed by atoms with Crippen molar-refractivity contribution in [3.8, 4) is 0 Å². The van der Waals surface area contributed by atoms with Gasteiger partial charge in [0.05, 0.1) is 5.52 Å². The minimum atomic E-state index is 0.837. The average molecular weight is 284 g/mol. The zero-order valence-corrected chi connectivity index (χ0v) is 9.37. The number of benzene rings is 1. The van der Waals surface area contributed by atoms with Crippen LogP contribution in [0.15, 0.2) is 24.4 Å². The summed E-state index contributed by atoms with van der Waals surface area (Å²) >= 11 is 2.27. The Kier molecular flexibility index (Phi) is 2.11. The van der Waals surface area contributed by atoms with Crippen LogP contribution >= 0.6 is 22.6 Å². The molecule has 1 heterocycles. The molecule has 3 heteroatoms. The van der Waals surface area contributed by atoms with Gasteiger partial charge in [-0.1, -0.05) is 0 Å². The highest BCUT2D eigenvalue weighted by Crippen LogP contribution is 2.23. The molecular weight excluding hydrogens is 275 g/mol. The fourth-order valence-electron chi connectivity index (χ4n) is 1.28. The fourth-order valence-corrected chi connectivity index (χ4v) is 1.78. The summed E-state index contributed by atoms with van der Waals surface area (Å²) in [5.74, 6) is 0. The molecule has 0 bridgehead atoms. The third-order valence-electron chi connectivity index (χ3n) is 2.07. The first-order chi connectivity index (χ1) is 6.18. The van der Waals surface area contributed by atoms with Crippen molar-refractivity contribution in [2.24, 2.45) is 0 Å². The van der Waals surface area contributed by atoms with Crippen molar-refractivity contribution >= 4 is 39.2 Å². The Labute approximate surface area is 90.3 Å². The van der Waals surface area contributed by atoms with Crippen LogP contribution in [0.4, 0.5) is 5.69 Å². The van der Waals surface area contributed by atoms with Crippen molar-refractivity contribution in [2.75, 3.05) is 5.73 Å². The molecule has 0 aliphatic heterocycles. The second-order valence-corrected chi connectivity index (χ2v) is 4.26. The first kappa shape index (κ1) is 8.74. The maximum atomic E-state index is 5.94. The van der Waals surface area contributed by atoms with Gasteiger partial charge in [0.25, 0.3) is 0 Å². The molecule has 1 aromatic heterocycles. The Bertz CT molecular complexity index is 460. The monoisotopic (exact) mass is 284 g/mol. The van der Waals surface area contributed by atoms with Gasteiger partial charge in [-0.3, -0.25) is 4.98 Å². The van der Waals surface area contributed by atoms with Gasteiger partial charge in [-0.05, 0) is 53.3 Å². The van der Waals surface area contributed by atoms with Crippen LogP contribution in [-0.4, -0.2) is 4.98 Å². The normalized spacial score (nSPS) is 10.6. The lowest BCUT2D eigenvalue weighted by Gasteiger charge is -2.04. The Morgan fingerprint density at radius 2 is 2.15 bits per heavy atom. The molecule has 13 heavy (non-hydrogen) atoms. The van der Waals surface area contributed by atoms with Gasteiger partial charge in [0.15, 0.2) is 0 Å². The molecule has 0 spiro atoms. The maximum absolute atomic E-state index is 5.94. The molecule has 2 N–H and O–H groups in total. The standard InChI is InChI=1S/C10H9IN2/c1-6-5-13-9-3-2-7(11)4-8(9)10(6)12/h2-5H,1H3,(H2,12,13). The number of anilines is 1. The number of rotatable bonds is 0. The van der Waals surface area contributed by atoms with Gasteiger partial charge in [0, 0.05) is 20.8 Å². The zero-order chi connectivity index (χ0) is 9.42. The third-order valence-corrected chi connectivity index (χ3v) is 2.74. The minimum Gasteiger partial charge on any atom is -0.398 e. The number of halogens is 1. The zero-order valence-electron chi connectivity index (χ0n) is 7.21. The molecule has 2 aromatic rings. The van der Waals surface area contributed by atoms with E-state index in [9.17, 15) is 0 Å². The SMILES string of the molecule is Cc1cnc2ccc(I)cc2c1N. The fraction of sp³-hybridized carbons (Fsp3) is 0.100. The lowest BCUT2D eigenvalue weighted by molar-refractivity contribution is 1.33. The van der Waals surface area contributed by atoms with Gasteiger partial charge in [-0.2, -0.15) is 0 Å². The highest BCUT2D eigenvalue weighted by Gasteiger charge is 2.01. The summed E-state index contributed by atoms with van der Waals surface area (Å²) in [6, 6.07) is 6.09. The van der Waals surface area contributed by atoms with E-state index in [0.717, 1.165) is 22.2 Å². The minimum absolute atomic E-state index is 0.837. The number of hydrogen-bond donors (Lipinski definition) is 1. The molecule has 0 fully saturated rings. The number of hydrogen-bond acceptors (Lipinski definition) is 2. The predicted octanol–water partition coefficient (Wildman–Crippen LogP) is 2.73. The Morgan fingerprint density at radius 1 is 1.38 bits per heavy atom. The molecule has 2 rings (SSSR count). The lowest BCUT2D eigenvalue weighted by atomic mass is 10.1. The van der Waals surface area contributed by atoms with Crippen LogP contribution in [-0.2, 0) is 0 Å². The molecule has 0 radical (unpaired) electrons. The highest BCUT2D eigenvalue weighted by atomic mass is 127. The Hall–Kier alpha value is -0.840. The molecule has 0 saturated heterocycles. The van der Waals surface area contributed by atoms with E-state index in [2.05, 4.69) is 33.6 Å². The molecule has 2 nitrogen and oxygen atoms in total. The second-order valence-electron chi connectivity index (χ2n) is 3.02. The van der Waals surface area contributed by atoms with Gasteiger partial charge in [-0.25, -0.2) is 0 Å². The van der Waals surface area contributed by atoms with Gasteiger partial charge >= 0.3 is 0 Å². The number of nitrogen functional groups attached to an aromatic ring is 1. The summed E-state index contributed by atoms with van der Waals surface area (Å²) in [7, 11) is 0. The first-order valence-electron chi connectivity index (χ1n) is 3.99. The number of aromatic nitrogens is 1. The molecule has 1 aromatic carbocycles. The van der Waals surface area contributed by atoms with Crippen molar-refractivity contribution in [2.45, 2.75) is 6.92 Å². The van der Waals surface area contributed by atoms with Crippen LogP contribution in [0, 0.1) is 10.5 Å². The van der Waals surface area contributed by atoms with Gasteiger partial charge in [0.1, 0.15) is 0 Å². The average Bonchev–Trinajstić information content (AvgIpc) is 2.12. The number of pyridine rings is 1. The van der Waals surface area contributed by atoms with Crippen molar-refractivity contribution in [1.82, 2.24) is 4.98 Å². The second kappa shape index (κ2) is 3.14. The topological polar surface area (TPSA) is 38.9 Å². The van der Waals surface area contributed by atoms with Crippen molar-refractivity contribution < 1.29 is 0 Å². The molecule has 0 atom stereocenters. The molecule has 0 amide bonds. The molecule has 66 valence electrons. The van der Waals surface area contributed by atoms with Crippen LogP contribution in [0.5, 0.6) is 0 Å². The van der Waals surface area contributed by atoms with E-state index in [4.69, 9.17) is 5.73 Å². The summed E-state index contributed by atoms with van der Waals surface area (Å²) in [5.41, 5.74) is 8.78. The summed E-state index contributed by atoms with van der Waals surface area (Å²) in [5, 5.41) is 1.05. The van der Waals surface area contributed by atoms with E-state index in [1.165, 1.54) is 3.57 Å². The molecule has 0 unspecified atom stereocenters. The molecule has 0 saturated carbocycles. The van der Waals surface area contributed by atoms with E-state index >= 15 is 0 Å². The number of fused-ring (bicyclic) bond motifs is 1. The van der Waals surface area contributed by atoms with Crippen LogP contribution in [0.1, 0.15) is 5.56 Å². The van der Waals surface area contributed by atoms with E-state index in [1.807, 2.05) is 25.3 Å². The van der Waals surface area contributed by atoms with E-state index in [-0.39, 0.29) is 0 Å².